The van der Waals surface area contributed by atoms with Crippen molar-refractivity contribution in [3.63, 3.8) is 0 Å². The van der Waals surface area contributed by atoms with Crippen LogP contribution in [0.15, 0.2) is 18.2 Å². The van der Waals surface area contributed by atoms with E-state index in [0.717, 1.165) is 11.0 Å². The highest BCUT2D eigenvalue weighted by atomic mass is 32.2. The highest BCUT2D eigenvalue weighted by molar-refractivity contribution is 7.91. The van der Waals surface area contributed by atoms with Gasteiger partial charge in [-0.25, -0.2) is 17.6 Å². The SMILES string of the molecule is O=C(O)N1CC(S(=O)(=O)Cc2ccc(C(F)(F)F)cc2F)C1. The van der Waals surface area contributed by atoms with E-state index in [9.17, 15) is 30.8 Å². The molecule has 0 aromatic heterocycles. The average Bonchev–Trinajstić information content (AvgIpc) is 2.26. The van der Waals surface area contributed by atoms with Crippen LogP contribution in [0.5, 0.6) is 0 Å². The van der Waals surface area contributed by atoms with Crippen LogP contribution in [-0.2, 0) is 21.8 Å². The molecule has 1 aromatic rings. The Labute approximate surface area is 123 Å². The van der Waals surface area contributed by atoms with E-state index in [1.165, 1.54) is 0 Å². The summed E-state index contributed by atoms with van der Waals surface area (Å²) in [5, 5.41) is 7.65. The first-order chi connectivity index (χ1) is 10.0. The molecule has 0 radical (unpaired) electrons. The summed E-state index contributed by atoms with van der Waals surface area (Å²) in [5.41, 5.74) is -1.58. The van der Waals surface area contributed by atoms with Gasteiger partial charge in [-0.3, -0.25) is 0 Å². The normalized spacial score (nSPS) is 16.5. The second-order valence-electron chi connectivity index (χ2n) is 4.92. The van der Waals surface area contributed by atoms with Gasteiger partial charge in [0.05, 0.1) is 16.6 Å². The van der Waals surface area contributed by atoms with Crippen LogP contribution in [0.2, 0.25) is 0 Å². The molecular formula is C12H11F4NO4S. The molecule has 0 saturated carbocycles. The number of hydrogen-bond acceptors (Lipinski definition) is 3. The molecule has 1 N–H and O–H groups in total. The van der Waals surface area contributed by atoms with Crippen molar-refractivity contribution < 1.29 is 35.9 Å². The van der Waals surface area contributed by atoms with E-state index in [-0.39, 0.29) is 24.7 Å². The molecule has 0 spiro atoms. The standard InChI is InChI=1S/C12H11F4NO4S/c13-10-3-8(12(14,15)16)2-1-7(10)6-22(20,21)9-4-17(5-9)11(18)19/h1-3,9H,4-6H2,(H,18,19). The van der Waals surface area contributed by atoms with Crippen molar-refractivity contribution in [2.75, 3.05) is 13.1 Å². The van der Waals surface area contributed by atoms with Crippen LogP contribution >= 0.6 is 0 Å². The Morgan fingerprint density at radius 3 is 2.36 bits per heavy atom. The number of carbonyl (C=O) groups is 1. The minimum Gasteiger partial charge on any atom is -0.465 e. The number of sulfone groups is 1. The molecule has 1 fully saturated rings. The molecule has 10 heteroatoms. The Balaban J connectivity index is 2.12. The van der Waals surface area contributed by atoms with Gasteiger partial charge in [0.1, 0.15) is 5.82 Å². The molecule has 1 heterocycles. The Hall–Kier alpha value is -1.84. The zero-order chi connectivity index (χ0) is 16.7. The molecular weight excluding hydrogens is 330 g/mol. The number of halogens is 4. The molecule has 22 heavy (non-hydrogen) atoms. The Morgan fingerprint density at radius 2 is 1.91 bits per heavy atom. The number of hydrogen-bond donors (Lipinski definition) is 1. The quantitative estimate of drug-likeness (QED) is 0.855. The lowest BCUT2D eigenvalue weighted by atomic mass is 10.1. The summed E-state index contributed by atoms with van der Waals surface area (Å²) in [6, 6.07) is 1.64. The number of benzene rings is 1. The fraction of sp³-hybridized carbons (Fsp3) is 0.417. The minimum absolute atomic E-state index is 0.222. The van der Waals surface area contributed by atoms with Crippen molar-refractivity contribution >= 4 is 15.9 Å². The summed E-state index contributed by atoms with van der Waals surface area (Å²) in [6.45, 7) is -0.445. The van der Waals surface area contributed by atoms with Crippen molar-refractivity contribution in [3.05, 3.63) is 35.1 Å². The Kier molecular flexibility index (Phi) is 4.07. The van der Waals surface area contributed by atoms with E-state index in [4.69, 9.17) is 5.11 Å². The molecule has 1 aromatic carbocycles. The molecule has 1 saturated heterocycles. The van der Waals surface area contributed by atoms with Crippen LogP contribution in [0.4, 0.5) is 22.4 Å². The van der Waals surface area contributed by atoms with Gasteiger partial charge in [0.2, 0.25) is 0 Å². The fourth-order valence-corrected chi connectivity index (χ4v) is 3.71. The molecule has 5 nitrogen and oxygen atoms in total. The lowest BCUT2D eigenvalue weighted by molar-refractivity contribution is -0.137. The zero-order valence-electron chi connectivity index (χ0n) is 11.0. The predicted molar refractivity (Wildman–Crippen MR) is 67.4 cm³/mol. The molecule has 1 amide bonds. The summed E-state index contributed by atoms with van der Waals surface area (Å²) >= 11 is 0. The van der Waals surface area contributed by atoms with Crippen molar-refractivity contribution in [1.82, 2.24) is 4.90 Å². The van der Waals surface area contributed by atoms with Crippen LogP contribution in [0.25, 0.3) is 0 Å². The van der Waals surface area contributed by atoms with Crippen LogP contribution in [0.3, 0.4) is 0 Å². The van der Waals surface area contributed by atoms with E-state index in [1.807, 2.05) is 0 Å². The van der Waals surface area contributed by atoms with E-state index < -0.39 is 44.5 Å². The first kappa shape index (κ1) is 16.5. The third-order valence-corrected chi connectivity index (χ3v) is 5.39. The number of alkyl halides is 3. The van der Waals surface area contributed by atoms with Gasteiger partial charge < -0.3 is 10.0 Å². The van der Waals surface area contributed by atoms with Crippen molar-refractivity contribution in [3.8, 4) is 0 Å². The second kappa shape index (κ2) is 5.41. The first-order valence-corrected chi connectivity index (χ1v) is 7.77. The molecule has 0 unspecified atom stereocenters. The predicted octanol–water partition coefficient (Wildman–Crippen LogP) is 2.12. The van der Waals surface area contributed by atoms with E-state index in [1.54, 1.807) is 0 Å². The lowest BCUT2D eigenvalue weighted by Crippen LogP contribution is -2.56. The number of rotatable bonds is 3. The molecule has 0 aliphatic carbocycles. The monoisotopic (exact) mass is 341 g/mol. The maximum absolute atomic E-state index is 13.6. The topological polar surface area (TPSA) is 74.7 Å². The second-order valence-corrected chi connectivity index (χ2v) is 7.20. The van der Waals surface area contributed by atoms with Gasteiger partial charge >= 0.3 is 12.3 Å². The molecule has 122 valence electrons. The molecule has 1 aliphatic rings. The largest absolute Gasteiger partial charge is 0.465 e. The van der Waals surface area contributed by atoms with Crippen LogP contribution in [-0.4, -0.2) is 42.9 Å². The van der Waals surface area contributed by atoms with Gasteiger partial charge in [0.25, 0.3) is 0 Å². The van der Waals surface area contributed by atoms with Gasteiger partial charge in [0.15, 0.2) is 9.84 Å². The summed E-state index contributed by atoms with van der Waals surface area (Å²) in [6.07, 6.45) is -5.97. The number of amides is 1. The summed E-state index contributed by atoms with van der Waals surface area (Å²) in [5.74, 6) is -2.03. The van der Waals surface area contributed by atoms with Gasteiger partial charge in [0, 0.05) is 18.7 Å². The summed E-state index contributed by atoms with van der Waals surface area (Å²) < 4.78 is 74.8. The third kappa shape index (κ3) is 3.32. The summed E-state index contributed by atoms with van der Waals surface area (Å²) in [7, 11) is -3.84. The van der Waals surface area contributed by atoms with Crippen molar-refractivity contribution in [2.45, 2.75) is 17.2 Å². The molecule has 1 aliphatic heterocycles. The average molecular weight is 341 g/mol. The molecule has 0 atom stereocenters. The van der Waals surface area contributed by atoms with Crippen LogP contribution < -0.4 is 0 Å². The highest BCUT2D eigenvalue weighted by Gasteiger charge is 2.40. The molecule has 0 bridgehead atoms. The van der Waals surface area contributed by atoms with Crippen LogP contribution in [0.1, 0.15) is 11.1 Å². The lowest BCUT2D eigenvalue weighted by Gasteiger charge is -2.36. The highest BCUT2D eigenvalue weighted by Crippen LogP contribution is 2.31. The fourth-order valence-electron chi connectivity index (χ4n) is 2.00. The Bertz CT molecular complexity index is 696. The van der Waals surface area contributed by atoms with E-state index in [2.05, 4.69) is 0 Å². The third-order valence-electron chi connectivity index (χ3n) is 3.36. The first-order valence-electron chi connectivity index (χ1n) is 6.06. The van der Waals surface area contributed by atoms with Crippen LogP contribution in [0, 0.1) is 5.82 Å². The van der Waals surface area contributed by atoms with Gasteiger partial charge in [-0.05, 0) is 12.1 Å². The number of likely N-dealkylation sites (tertiary alicyclic amines) is 1. The Morgan fingerprint density at radius 1 is 1.32 bits per heavy atom. The van der Waals surface area contributed by atoms with E-state index in [0.29, 0.717) is 6.07 Å². The smallest absolute Gasteiger partial charge is 0.416 e. The van der Waals surface area contributed by atoms with Crippen molar-refractivity contribution in [2.24, 2.45) is 0 Å². The van der Waals surface area contributed by atoms with Gasteiger partial charge in [-0.2, -0.15) is 13.2 Å². The van der Waals surface area contributed by atoms with Crippen molar-refractivity contribution in [1.29, 1.82) is 0 Å². The van der Waals surface area contributed by atoms with E-state index >= 15 is 0 Å². The zero-order valence-corrected chi connectivity index (χ0v) is 11.8. The maximum atomic E-state index is 13.6. The van der Waals surface area contributed by atoms with Gasteiger partial charge in [-0.15, -0.1) is 0 Å². The number of nitrogens with zero attached hydrogens (tertiary/aromatic N) is 1. The molecule has 2 rings (SSSR count). The maximum Gasteiger partial charge on any atom is 0.416 e. The minimum atomic E-state index is -4.71. The number of carboxylic acid groups (broad SMARTS) is 1. The van der Waals surface area contributed by atoms with Gasteiger partial charge in [-0.1, -0.05) is 6.07 Å². The summed E-state index contributed by atoms with van der Waals surface area (Å²) in [4.78, 5) is 11.4.